The highest BCUT2D eigenvalue weighted by Crippen LogP contribution is 2.69. The van der Waals surface area contributed by atoms with E-state index in [0.717, 1.165) is 31.4 Å². The number of carbonyl (C=O) groups excluding carboxylic acids is 3. The third kappa shape index (κ3) is 5.27. The van der Waals surface area contributed by atoms with Crippen LogP contribution < -0.4 is 4.90 Å². The number of fused-ring (bicyclic) bond motifs is 1. The van der Waals surface area contributed by atoms with E-state index in [1.165, 1.54) is 0 Å². The SMILES string of the molecule is C=CCN(CCCC)C(=O)C1N([C@@H](CO)[C@@H](C)CC)C(=O)[C@@H]2[C@@H](C(=O)N(CC=C)c3ccccc3)[C@H]3CC(C)C12S3. The summed E-state index contributed by atoms with van der Waals surface area (Å²) in [4.78, 5) is 49.0. The number of aliphatic hydroxyl groups excluding tert-OH is 1. The average molecular weight is 582 g/mol. The number of carbonyl (C=O) groups is 3. The van der Waals surface area contributed by atoms with Crippen LogP contribution in [0.15, 0.2) is 55.6 Å². The van der Waals surface area contributed by atoms with Gasteiger partial charge in [-0.1, -0.05) is 70.9 Å². The first-order chi connectivity index (χ1) is 19.7. The molecule has 3 fully saturated rings. The molecule has 7 nitrogen and oxygen atoms in total. The minimum atomic E-state index is -0.740. The first kappa shape index (κ1) is 31.4. The van der Waals surface area contributed by atoms with Crippen molar-refractivity contribution in [2.45, 2.75) is 75.5 Å². The molecule has 8 atom stereocenters. The van der Waals surface area contributed by atoms with Gasteiger partial charge in [-0.25, -0.2) is 0 Å². The maximum Gasteiger partial charge on any atom is 0.247 e. The van der Waals surface area contributed by atoms with Crippen LogP contribution in [0.1, 0.15) is 53.4 Å². The Morgan fingerprint density at radius 1 is 1.17 bits per heavy atom. The molecule has 3 heterocycles. The third-order valence-corrected chi connectivity index (χ3v) is 11.7. The Balaban J connectivity index is 1.84. The van der Waals surface area contributed by atoms with E-state index >= 15 is 0 Å². The largest absolute Gasteiger partial charge is 0.394 e. The molecule has 1 N–H and O–H groups in total. The molecule has 41 heavy (non-hydrogen) atoms. The van der Waals surface area contributed by atoms with Crippen molar-refractivity contribution in [2.24, 2.45) is 23.7 Å². The fourth-order valence-corrected chi connectivity index (χ4v) is 9.80. The summed E-state index contributed by atoms with van der Waals surface area (Å²) in [6.07, 6.45) is 6.77. The molecule has 0 radical (unpaired) electrons. The quantitative estimate of drug-likeness (QED) is 0.321. The smallest absolute Gasteiger partial charge is 0.247 e. The lowest BCUT2D eigenvalue weighted by atomic mass is 9.65. The van der Waals surface area contributed by atoms with E-state index in [2.05, 4.69) is 27.0 Å². The summed E-state index contributed by atoms with van der Waals surface area (Å²) in [5.41, 5.74) is 0.770. The number of likely N-dealkylation sites (tertiary alicyclic amines) is 1. The van der Waals surface area contributed by atoms with Crippen LogP contribution in [0.3, 0.4) is 0 Å². The van der Waals surface area contributed by atoms with Gasteiger partial charge in [-0.3, -0.25) is 14.4 Å². The molecule has 0 aliphatic carbocycles. The molecule has 0 saturated carbocycles. The van der Waals surface area contributed by atoms with Crippen molar-refractivity contribution in [2.75, 3.05) is 31.1 Å². The molecule has 4 rings (SSSR count). The fraction of sp³-hybridized carbons (Fsp3) is 0.606. The van der Waals surface area contributed by atoms with Gasteiger partial charge in [0.2, 0.25) is 17.7 Å². The predicted molar refractivity (Wildman–Crippen MR) is 167 cm³/mol. The van der Waals surface area contributed by atoms with Gasteiger partial charge in [-0.15, -0.1) is 24.9 Å². The van der Waals surface area contributed by atoms with E-state index in [9.17, 15) is 19.5 Å². The summed E-state index contributed by atoms with van der Waals surface area (Å²) in [5.74, 6) is -1.47. The summed E-state index contributed by atoms with van der Waals surface area (Å²) >= 11 is 1.68. The van der Waals surface area contributed by atoms with Gasteiger partial charge in [0.25, 0.3) is 0 Å². The number of hydrogen-bond acceptors (Lipinski definition) is 5. The lowest BCUT2D eigenvalue weighted by Crippen LogP contribution is -2.60. The summed E-state index contributed by atoms with van der Waals surface area (Å²) in [5, 5.41) is 10.6. The second kappa shape index (κ2) is 13.2. The van der Waals surface area contributed by atoms with Gasteiger partial charge in [0.15, 0.2) is 0 Å². The molecule has 8 heteroatoms. The molecule has 2 bridgehead atoms. The second-order valence-corrected chi connectivity index (χ2v) is 13.5. The van der Waals surface area contributed by atoms with Crippen LogP contribution in [-0.2, 0) is 14.4 Å². The zero-order valence-electron chi connectivity index (χ0n) is 25.1. The van der Waals surface area contributed by atoms with Crippen molar-refractivity contribution >= 4 is 35.2 Å². The average Bonchev–Trinajstić information content (AvgIpc) is 3.57. The van der Waals surface area contributed by atoms with Gasteiger partial charge in [0.1, 0.15) is 6.04 Å². The highest BCUT2D eigenvalue weighted by molar-refractivity contribution is 8.02. The Labute approximate surface area is 250 Å². The molecule has 0 aromatic heterocycles. The fourth-order valence-electron chi connectivity index (χ4n) is 7.40. The number of aliphatic hydroxyl groups is 1. The molecule has 224 valence electrons. The molecule has 3 saturated heterocycles. The van der Waals surface area contributed by atoms with Crippen molar-refractivity contribution in [1.29, 1.82) is 0 Å². The number of anilines is 1. The van der Waals surface area contributed by atoms with Crippen LogP contribution in [0.25, 0.3) is 0 Å². The van der Waals surface area contributed by atoms with E-state index in [1.807, 2.05) is 49.1 Å². The normalized spacial score (nSPS) is 29.6. The number of nitrogens with zero attached hydrogens (tertiary/aromatic N) is 3. The topological polar surface area (TPSA) is 81.2 Å². The summed E-state index contributed by atoms with van der Waals surface area (Å²) in [6, 6.07) is 8.28. The van der Waals surface area contributed by atoms with E-state index in [-0.39, 0.29) is 41.4 Å². The number of rotatable bonds is 14. The molecule has 3 aliphatic rings. The molecular weight excluding hydrogens is 534 g/mol. The molecule has 3 unspecified atom stereocenters. The van der Waals surface area contributed by atoms with Crippen molar-refractivity contribution in [3.8, 4) is 0 Å². The molecule has 3 amide bonds. The Kier molecular flexibility index (Phi) is 10.1. The zero-order chi connectivity index (χ0) is 29.9. The van der Waals surface area contributed by atoms with Crippen molar-refractivity contribution in [3.05, 3.63) is 55.6 Å². The standard InChI is InChI=1S/C33H47N3O4S/c1-7-11-19-34(17-8-2)32(40)29-33-23(6)20-26(41-33)27(28(33)31(39)36(29)25(21-37)22(5)10-4)30(38)35(18-9-3)24-15-13-12-14-16-24/h8-9,12-16,22-23,25-29,37H,2-3,7,10-11,17-21H2,1,4-6H3/t22-,23?,25-,26+,27-,28-,29?,33?/m0/s1. The molecule has 1 aromatic carbocycles. The lowest BCUT2D eigenvalue weighted by molar-refractivity contribution is -0.146. The highest BCUT2D eigenvalue weighted by atomic mass is 32.2. The summed E-state index contributed by atoms with van der Waals surface area (Å²) < 4.78 is -0.734. The number of thioether (sulfide) groups is 1. The van der Waals surface area contributed by atoms with Crippen molar-refractivity contribution < 1.29 is 19.5 Å². The van der Waals surface area contributed by atoms with Crippen LogP contribution in [0, 0.1) is 23.7 Å². The molecule has 3 aliphatic heterocycles. The van der Waals surface area contributed by atoms with Gasteiger partial charge in [-0.05, 0) is 36.8 Å². The number of unbranched alkanes of at least 4 members (excludes halogenated alkanes) is 1. The Hall–Kier alpha value is -2.58. The Bertz CT molecular complexity index is 1130. The maximum absolute atomic E-state index is 14.7. The molecule has 1 spiro atoms. The van der Waals surface area contributed by atoms with Crippen LogP contribution in [0.4, 0.5) is 5.69 Å². The lowest BCUT2D eigenvalue weighted by Gasteiger charge is -2.43. The molecule has 1 aromatic rings. The zero-order valence-corrected chi connectivity index (χ0v) is 25.9. The monoisotopic (exact) mass is 581 g/mol. The van der Waals surface area contributed by atoms with Crippen LogP contribution in [0.2, 0.25) is 0 Å². The van der Waals surface area contributed by atoms with Gasteiger partial charge in [0, 0.05) is 30.6 Å². The number of para-hydroxylation sites is 1. The first-order valence-corrected chi connectivity index (χ1v) is 16.1. The third-order valence-electron chi connectivity index (χ3n) is 9.64. The maximum atomic E-state index is 14.7. The van der Waals surface area contributed by atoms with E-state index in [0.29, 0.717) is 19.6 Å². The van der Waals surface area contributed by atoms with Crippen molar-refractivity contribution in [3.63, 3.8) is 0 Å². The number of benzene rings is 1. The predicted octanol–water partition coefficient (Wildman–Crippen LogP) is 4.76. The van der Waals surface area contributed by atoms with Crippen LogP contribution in [0.5, 0.6) is 0 Å². The number of amides is 3. The van der Waals surface area contributed by atoms with E-state index in [1.54, 1.807) is 33.7 Å². The first-order valence-electron chi connectivity index (χ1n) is 15.2. The molecular formula is C33H47N3O4S. The number of hydrogen-bond donors (Lipinski definition) is 1. The van der Waals surface area contributed by atoms with E-state index < -0.39 is 28.7 Å². The van der Waals surface area contributed by atoms with Crippen LogP contribution in [-0.4, -0.2) is 80.9 Å². The van der Waals surface area contributed by atoms with E-state index in [4.69, 9.17) is 0 Å². The van der Waals surface area contributed by atoms with Crippen molar-refractivity contribution in [1.82, 2.24) is 9.80 Å². The van der Waals surface area contributed by atoms with Gasteiger partial charge in [0.05, 0.1) is 29.2 Å². The Morgan fingerprint density at radius 2 is 1.85 bits per heavy atom. The van der Waals surface area contributed by atoms with Gasteiger partial charge >= 0.3 is 0 Å². The highest BCUT2D eigenvalue weighted by Gasteiger charge is 2.77. The Morgan fingerprint density at radius 3 is 2.44 bits per heavy atom. The minimum absolute atomic E-state index is 0.00814. The summed E-state index contributed by atoms with van der Waals surface area (Å²) in [7, 11) is 0. The van der Waals surface area contributed by atoms with Gasteiger partial charge in [-0.2, -0.15) is 0 Å². The van der Waals surface area contributed by atoms with Gasteiger partial charge < -0.3 is 19.8 Å². The summed E-state index contributed by atoms with van der Waals surface area (Å²) in [6.45, 7) is 17.2. The second-order valence-electron chi connectivity index (χ2n) is 11.9. The minimum Gasteiger partial charge on any atom is -0.394 e. The van der Waals surface area contributed by atoms with Crippen LogP contribution >= 0.6 is 11.8 Å².